The summed E-state index contributed by atoms with van der Waals surface area (Å²) in [6, 6.07) is 0. The SMILES string of the molecule is CCC(C)CCC(C)C.[H-].[Na+]. The van der Waals surface area contributed by atoms with Crippen LogP contribution in [-0.4, -0.2) is 0 Å². The Balaban J connectivity index is -0.000000320. The first-order valence-electron chi connectivity index (χ1n) is 4.16. The Kier molecular flexibility index (Phi) is 11.0. The van der Waals surface area contributed by atoms with E-state index in [2.05, 4.69) is 27.7 Å². The van der Waals surface area contributed by atoms with E-state index in [9.17, 15) is 0 Å². The van der Waals surface area contributed by atoms with Gasteiger partial charge in [0, 0.05) is 0 Å². The minimum Gasteiger partial charge on any atom is -1.00 e. The minimum absolute atomic E-state index is 0. The van der Waals surface area contributed by atoms with Gasteiger partial charge in [0.15, 0.2) is 0 Å². The van der Waals surface area contributed by atoms with Gasteiger partial charge in [0.25, 0.3) is 0 Å². The van der Waals surface area contributed by atoms with Crippen LogP contribution in [0.15, 0.2) is 0 Å². The van der Waals surface area contributed by atoms with Crippen molar-refractivity contribution < 1.29 is 31.0 Å². The molecule has 0 aromatic heterocycles. The first-order valence-corrected chi connectivity index (χ1v) is 4.16. The first kappa shape index (κ1) is 13.6. The second-order valence-electron chi connectivity index (χ2n) is 3.48. The van der Waals surface area contributed by atoms with E-state index < -0.39 is 0 Å². The number of hydrogen-bond donors (Lipinski definition) is 0. The Hall–Kier alpha value is 1.00. The molecule has 0 aliphatic heterocycles. The Morgan fingerprint density at radius 1 is 1.10 bits per heavy atom. The van der Waals surface area contributed by atoms with Crippen LogP contribution in [0.2, 0.25) is 0 Å². The number of rotatable bonds is 4. The van der Waals surface area contributed by atoms with Crippen LogP contribution in [0.25, 0.3) is 0 Å². The van der Waals surface area contributed by atoms with Crippen LogP contribution in [0, 0.1) is 11.8 Å². The molecule has 0 saturated heterocycles. The van der Waals surface area contributed by atoms with Gasteiger partial charge in [0.1, 0.15) is 0 Å². The topological polar surface area (TPSA) is 0 Å². The van der Waals surface area contributed by atoms with E-state index in [1.807, 2.05) is 0 Å². The molecule has 0 radical (unpaired) electrons. The standard InChI is InChI=1S/C9H20.Na.H/c1-5-9(4)7-6-8(2)3;;/h8-9H,5-7H2,1-4H3;;/q;+1;-1. The summed E-state index contributed by atoms with van der Waals surface area (Å²) in [7, 11) is 0. The molecular formula is C9H21Na. The maximum absolute atomic E-state index is 2.34. The summed E-state index contributed by atoms with van der Waals surface area (Å²) in [5, 5.41) is 0. The number of hydrogen-bond acceptors (Lipinski definition) is 0. The molecule has 0 aliphatic rings. The zero-order valence-electron chi connectivity index (χ0n) is 9.28. The molecule has 0 bridgehead atoms. The molecule has 0 N–H and O–H groups in total. The van der Waals surface area contributed by atoms with Crippen LogP contribution < -0.4 is 29.6 Å². The normalized spacial score (nSPS) is 12.9. The van der Waals surface area contributed by atoms with E-state index >= 15 is 0 Å². The van der Waals surface area contributed by atoms with E-state index in [1.54, 1.807) is 0 Å². The summed E-state index contributed by atoms with van der Waals surface area (Å²) < 4.78 is 0. The second kappa shape index (κ2) is 8.10. The van der Waals surface area contributed by atoms with Gasteiger partial charge in [-0.05, 0) is 11.8 Å². The van der Waals surface area contributed by atoms with Gasteiger partial charge in [-0.2, -0.15) is 0 Å². The third-order valence-corrected chi connectivity index (χ3v) is 1.93. The Labute approximate surface area is 89.6 Å². The van der Waals surface area contributed by atoms with Gasteiger partial charge in [-0.1, -0.05) is 47.0 Å². The smallest absolute Gasteiger partial charge is 1.00 e. The van der Waals surface area contributed by atoms with Crippen molar-refractivity contribution in [3.05, 3.63) is 0 Å². The van der Waals surface area contributed by atoms with Gasteiger partial charge >= 0.3 is 29.6 Å². The van der Waals surface area contributed by atoms with E-state index in [0.717, 1.165) is 11.8 Å². The third-order valence-electron chi connectivity index (χ3n) is 1.93. The van der Waals surface area contributed by atoms with Crippen LogP contribution in [0.5, 0.6) is 0 Å². The molecule has 1 atom stereocenters. The van der Waals surface area contributed by atoms with Crippen molar-refractivity contribution in [2.45, 2.75) is 47.0 Å². The molecule has 1 heteroatoms. The summed E-state index contributed by atoms with van der Waals surface area (Å²) in [5.74, 6) is 1.83. The zero-order valence-corrected chi connectivity index (χ0v) is 10.3. The van der Waals surface area contributed by atoms with Crippen molar-refractivity contribution in [1.82, 2.24) is 0 Å². The molecule has 10 heavy (non-hydrogen) atoms. The summed E-state index contributed by atoms with van der Waals surface area (Å²) in [6.45, 7) is 9.19. The van der Waals surface area contributed by atoms with Gasteiger partial charge in [-0.3, -0.25) is 0 Å². The average Bonchev–Trinajstić information content (AvgIpc) is 1.83. The summed E-state index contributed by atoms with van der Waals surface area (Å²) >= 11 is 0. The molecule has 0 fully saturated rings. The Bertz CT molecular complexity index is 64.6. The predicted molar refractivity (Wildman–Crippen MR) is 44.6 cm³/mol. The minimum atomic E-state index is 0. The van der Waals surface area contributed by atoms with Gasteiger partial charge in [-0.25, -0.2) is 0 Å². The van der Waals surface area contributed by atoms with E-state index in [0.29, 0.717) is 0 Å². The summed E-state index contributed by atoms with van der Waals surface area (Å²) in [6.07, 6.45) is 4.15. The van der Waals surface area contributed by atoms with E-state index in [-0.39, 0.29) is 31.0 Å². The van der Waals surface area contributed by atoms with E-state index in [4.69, 9.17) is 0 Å². The average molecular weight is 152 g/mol. The molecule has 0 saturated carbocycles. The molecule has 0 aliphatic carbocycles. The molecular weight excluding hydrogens is 131 g/mol. The largest absolute Gasteiger partial charge is 1.00 e. The van der Waals surface area contributed by atoms with E-state index in [1.165, 1.54) is 19.3 Å². The fraction of sp³-hybridized carbons (Fsp3) is 1.00. The maximum atomic E-state index is 2.34. The van der Waals surface area contributed by atoms with Crippen LogP contribution in [0.4, 0.5) is 0 Å². The quantitative estimate of drug-likeness (QED) is 0.517. The molecule has 0 aromatic carbocycles. The molecule has 0 nitrogen and oxygen atoms in total. The van der Waals surface area contributed by atoms with Gasteiger partial charge in [0.2, 0.25) is 0 Å². The Morgan fingerprint density at radius 2 is 1.60 bits per heavy atom. The predicted octanol–water partition coefficient (Wildman–Crippen LogP) is 0.585. The van der Waals surface area contributed by atoms with Crippen molar-refractivity contribution in [3.63, 3.8) is 0 Å². The van der Waals surface area contributed by atoms with Crippen LogP contribution in [-0.2, 0) is 0 Å². The van der Waals surface area contributed by atoms with Crippen LogP contribution >= 0.6 is 0 Å². The third kappa shape index (κ3) is 9.00. The molecule has 0 aromatic rings. The van der Waals surface area contributed by atoms with Crippen molar-refractivity contribution in [2.75, 3.05) is 0 Å². The zero-order chi connectivity index (χ0) is 7.28. The summed E-state index contributed by atoms with van der Waals surface area (Å²) in [4.78, 5) is 0. The molecule has 0 rings (SSSR count). The summed E-state index contributed by atoms with van der Waals surface area (Å²) in [5.41, 5.74) is 0. The monoisotopic (exact) mass is 152 g/mol. The van der Waals surface area contributed by atoms with Gasteiger partial charge < -0.3 is 1.43 Å². The van der Waals surface area contributed by atoms with Crippen molar-refractivity contribution in [3.8, 4) is 0 Å². The molecule has 0 spiro atoms. The molecule has 0 heterocycles. The van der Waals surface area contributed by atoms with Crippen LogP contribution in [0.3, 0.4) is 0 Å². The fourth-order valence-electron chi connectivity index (χ4n) is 0.822. The van der Waals surface area contributed by atoms with Crippen molar-refractivity contribution >= 4 is 0 Å². The van der Waals surface area contributed by atoms with Crippen molar-refractivity contribution in [2.24, 2.45) is 11.8 Å². The maximum Gasteiger partial charge on any atom is 1.00 e. The van der Waals surface area contributed by atoms with Crippen LogP contribution in [0.1, 0.15) is 48.4 Å². The second-order valence-corrected chi connectivity index (χ2v) is 3.48. The van der Waals surface area contributed by atoms with Gasteiger partial charge in [0.05, 0.1) is 0 Å². The Morgan fingerprint density at radius 3 is 1.90 bits per heavy atom. The molecule has 1 unspecified atom stereocenters. The van der Waals surface area contributed by atoms with Crippen molar-refractivity contribution in [1.29, 1.82) is 0 Å². The molecule has 58 valence electrons. The molecule has 0 amide bonds. The first-order chi connectivity index (χ1) is 4.16. The van der Waals surface area contributed by atoms with Gasteiger partial charge in [-0.15, -0.1) is 0 Å². The fourth-order valence-corrected chi connectivity index (χ4v) is 0.822.